The largest absolute Gasteiger partial charge is 0.495 e. The zero-order chi connectivity index (χ0) is 22.4. The summed E-state index contributed by atoms with van der Waals surface area (Å²) in [6.07, 6.45) is 2.16. The van der Waals surface area contributed by atoms with Crippen LogP contribution < -0.4 is 10.1 Å². The maximum absolute atomic E-state index is 12.8. The molecule has 0 bridgehead atoms. The number of carbonyl (C=O) groups is 1. The molecule has 170 valence electrons. The van der Waals surface area contributed by atoms with E-state index in [1.54, 1.807) is 23.5 Å². The summed E-state index contributed by atoms with van der Waals surface area (Å²) in [5.41, 5.74) is 0.402. The van der Waals surface area contributed by atoms with E-state index in [0.717, 1.165) is 23.8 Å². The van der Waals surface area contributed by atoms with Gasteiger partial charge in [-0.3, -0.25) is 9.69 Å². The SMILES string of the molecule is COc1ccc(NC(=O)CN(Cc2cccs2)CC2CCCO2)cc1S(=O)(=O)N(C)C. The Morgan fingerprint density at radius 3 is 2.74 bits per heavy atom. The molecule has 8 nitrogen and oxygen atoms in total. The van der Waals surface area contributed by atoms with Crippen LogP contribution in [0.1, 0.15) is 17.7 Å². The average molecular weight is 468 g/mol. The highest BCUT2D eigenvalue weighted by molar-refractivity contribution is 7.89. The van der Waals surface area contributed by atoms with Crippen molar-refractivity contribution in [2.45, 2.75) is 30.4 Å². The Morgan fingerprint density at radius 1 is 1.32 bits per heavy atom. The van der Waals surface area contributed by atoms with Crippen LogP contribution >= 0.6 is 11.3 Å². The van der Waals surface area contributed by atoms with Crippen molar-refractivity contribution >= 4 is 33.0 Å². The molecular weight excluding hydrogens is 438 g/mol. The van der Waals surface area contributed by atoms with Crippen molar-refractivity contribution in [1.82, 2.24) is 9.21 Å². The van der Waals surface area contributed by atoms with Crippen LogP contribution in [-0.2, 0) is 26.1 Å². The van der Waals surface area contributed by atoms with Crippen LogP contribution in [0.2, 0.25) is 0 Å². The van der Waals surface area contributed by atoms with E-state index >= 15 is 0 Å². The lowest BCUT2D eigenvalue weighted by atomic mass is 10.2. The zero-order valence-corrected chi connectivity index (χ0v) is 19.7. The van der Waals surface area contributed by atoms with Crippen molar-refractivity contribution in [3.05, 3.63) is 40.6 Å². The predicted molar refractivity (Wildman–Crippen MR) is 121 cm³/mol. The number of nitrogens with one attached hydrogen (secondary N) is 1. The van der Waals surface area contributed by atoms with Gasteiger partial charge in [-0.15, -0.1) is 11.3 Å². The highest BCUT2D eigenvalue weighted by Gasteiger charge is 2.24. The Bertz CT molecular complexity index is 971. The van der Waals surface area contributed by atoms with E-state index < -0.39 is 10.0 Å². The number of ether oxygens (including phenoxy) is 2. The molecule has 2 heterocycles. The maximum Gasteiger partial charge on any atom is 0.246 e. The molecule has 1 atom stereocenters. The standard InChI is InChI=1S/C21H29N3O5S2/c1-23(2)31(26,27)20-12-16(8-9-19(20)28-3)22-21(25)15-24(13-17-6-4-10-29-17)14-18-7-5-11-30-18/h5,7-9,11-12,17H,4,6,10,13-15H2,1-3H3,(H,22,25). The second-order valence-corrected chi connectivity index (χ2v) is 10.7. The fourth-order valence-electron chi connectivity index (χ4n) is 3.44. The fraction of sp³-hybridized carbons (Fsp3) is 0.476. The lowest BCUT2D eigenvalue weighted by molar-refractivity contribution is -0.117. The Hall–Kier alpha value is -1.98. The van der Waals surface area contributed by atoms with Crippen LogP contribution in [0.15, 0.2) is 40.6 Å². The first-order valence-corrected chi connectivity index (χ1v) is 12.4. The molecule has 0 aliphatic carbocycles. The van der Waals surface area contributed by atoms with Crippen LogP contribution in [0.25, 0.3) is 0 Å². The minimum Gasteiger partial charge on any atom is -0.495 e. The third-order valence-electron chi connectivity index (χ3n) is 5.02. The Balaban J connectivity index is 1.72. The summed E-state index contributed by atoms with van der Waals surface area (Å²) < 4.78 is 37.3. The number of anilines is 1. The van der Waals surface area contributed by atoms with E-state index in [9.17, 15) is 13.2 Å². The second kappa shape index (κ2) is 10.6. The summed E-state index contributed by atoms with van der Waals surface area (Å²) in [5, 5.41) is 4.84. The van der Waals surface area contributed by atoms with Crippen molar-refractivity contribution in [2.24, 2.45) is 0 Å². The molecule has 1 aromatic heterocycles. The van der Waals surface area contributed by atoms with Gasteiger partial charge in [0.05, 0.1) is 19.8 Å². The third-order valence-corrected chi connectivity index (χ3v) is 7.72. The summed E-state index contributed by atoms with van der Waals surface area (Å²) in [4.78, 5) is 16.0. The number of hydrogen-bond acceptors (Lipinski definition) is 7. The number of hydrogen-bond donors (Lipinski definition) is 1. The number of sulfonamides is 1. The van der Waals surface area contributed by atoms with E-state index in [1.165, 1.54) is 32.1 Å². The molecule has 1 N–H and O–H groups in total. The quantitative estimate of drug-likeness (QED) is 0.578. The number of rotatable bonds is 10. The molecule has 1 aromatic carbocycles. The number of nitrogens with zero attached hydrogens (tertiary/aromatic N) is 2. The van der Waals surface area contributed by atoms with Crippen LogP contribution in [-0.4, -0.2) is 70.5 Å². The van der Waals surface area contributed by atoms with Gasteiger partial charge in [0.1, 0.15) is 10.6 Å². The molecule has 1 aliphatic rings. The predicted octanol–water partition coefficient (Wildman–Crippen LogP) is 2.63. The average Bonchev–Trinajstić information content (AvgIpc) is 3.42. The minimum absolute atomic E-state index is 0.00703. The van der Waals surface area contributed by atoms with Gasteiger partial charge in [-0.25, -0.2) is 12.7 Å². The van der Waals surface area contributed by atoms with Crippen LogP contribution in [0.4, 0.5) is 5.69 Å². The van der Waals surface area contributed by atoms with Crippen molar-refractivity contribution < 1.29 is 22.7 Å². The van der Waals surface area contributed by atoms with Gasteiger partial charge in [0.25, 0.3) is 0 Å². The topological polar surface area (TPSA) is 88.2 Å². The molecule has 31 heavy (non-hydrogen) atoms. The fourth-order valence-corrected chi connectivity index (χ4v) is 5.26. The molecule has 3 rings (SSSR count). The van der Waals surface area contributed by atoms with Crippen molar-refractivity contribution in [3.63, 3.8) is 0 Å². The second-order valence-electron chi connectivity index (χ2n) is 7.59. The minimum atomic E-state index is -3.72. The smallest absolute Gasteiger partial charge is 0.246 e. The normalized spacial score (nSPS) is 16.7. The van der Waals surface area contributed by atoms with Gasteiger partial charge < -0.3 is 14.8 Å². The van der Waals surface area contributed by atoms with Gasteiger partial charge in [-0.2, -0.15) is 0 Å². The number of carbonyl (C=O) groups excluding carboxylic acids is 1. The monoisotopic (exact) mass is 467 g/mol. The molecule has 2 aromatic rings. The first-order chi connectivity index (χ1) is 14.8. The van der Waals surface area contributed by atoms with Crippen LogP contribution in [0.5, 0.6) is 5.75 Å². The van der Waals surface area contributed by atoms with Crippen molar-refractivity contribution in [3.8, 4) is 5.75 Å². The number of amides is 1. The van der Waals surface area contributed by atoms with Crippen molar-refractivity contribution in [2.75, 3.05) is 46.2 Å². The third kappa shape index (κ3) is 6.27. The Kier molecular flexibility index (Phi) is 8.06. The first kappa shape index (κ1) is 23.7. The molecule has 0 spiro atoms. The number of methoxy groups -OCH3 is 1. The van der Waals surface area contributed by atoms with Gasteiger partial charge in [0.2, 0.25) is 15.9 Å². The van der Waals surface area contributed by atoms with Gasteiger partial charge >= 0.3 is 0 Å². The summed E-state index contributed by atoms with van der Waals surface area (Å²) in [6.45, 7) is 2.28. The molecule has 1 saturated heterocycles. The summed E-state index contributed by atoms with van der Waals surface area (Å²) >= 11 is 1.65. The van der Waals surface area contributed by atoms with Crippen LogP contribution in [0.3, 0.4) is 0 Å². The molecule has 1 aliphatic heterocycles. The first-order valence-electron chi connectivity index (χ1n) is 10.1. The molecule has 1 amide bonds. The molecule has 10 heteroatoms. The number of benzene rings is 1. The Labute approximate surface area is 187 Å². The summed E-state index contributed by atoms with van der Waals surface area (Å²) in [7, 11) is 0.597. The maximum atomic E-state index is 12.8. The summed E-state index contributed by atoms with van der Waals surface area (Å²) in [5.74, 6) is 0.0114. The molecule has 1 unspecified atom stereocenters. The zero-order valence-electron chi connectivity index (χ0n) is 18.0. The molecule has 0 radical (unpaired) electrons. The van der Waals surface area contributed by atoms with Crippen LogP contribution in [0, 0.1) is 0 Å². The molecule has 1 fully saturated rings. The highest BCUT2D eigenvalue weighted by Crippen LogP contribution is 2.29. The van der Waals surface area contributed by atoms with Gasteiger partial charge in [-0.05, 0) is 42.5 Å². The number of thiophene rings is 1. The van der Waals surface area contributed by atoms with E-state index in [1.807, 2.05) is 17.5 Å². The van der Waals surface area contributed by atoms with Crippen molar-refractivity contribution in [1.29, 1.82) is 0 Å². The molecular formula is C21H29N3O5S2. The molecule has 0 saturated carbocycles. The van der Waals surface area contributed by atoms with Gasteiger partial charge in [0.15, 0.2) is 0 Å². The highest BCUT2D eigenvalue weighted by atomic mass is 32.2. The van der Waals surface area contributed by atoms with E-state index in [4.69, 9.17) is 9.47 Å². The summed E-state index contributed by atoms with van der Waals surface area (Å²) in [6, 6.07) is 8.65. The van der Waals surface area contributed by atoms with Gasteiger partial charge in [-0.1, -0.05) is 6.07 Å². The van der Waals surface area contributed by atoms with E-state index in [-0.39, 0.29) is 29.2 Å². The van der Waals surface area contributed by atoms with E-state index in [2.05, 4.69) is 10.2 Å². The lowest BCUT2D eigenvalue weighted by Gasteiger charge is -2.24. The van der Waals surface area contributed by atoms with Gasteiger partial charge in [0, 0.05) is 44.4 Å². The lowest BCUT2D eigenvalue weighted by Crippen LogP contribution is -2.37. The Morgan fingerprint density at radius 2 is 2.13 bits per heavy atom. The van der Waals surface area contributed by atoms with E-state index in [0.29, 0.717) is 18.8 Å².